The number of carbonyl (C=O) groups is 1. The van der Waals surface area contributed by atoms with Gasteiger partial charge in [0, 0.05) is 11.8 Å². The van der Waals surface area contributed by atoms with E-state index in [4.69, 9.17) is 4.42 Å². The minimum Gasteiger partial charge on any atom is -0.465 e. The molecule has 0 unspecified atom stereocenters. The average molecular weight is 396 g/mol. The summed E-state index contributed by atoms with van der Waals surface area (Å²) in [6.07, 6.45) is 4.40. The molecule has 0 bridgehead atoms. The molecule has 0 spiro atoms. The van der Waals surface area contributed by atoms with Gasteiger partial charge in [-0.15, -0.1) is 0 Å². The monoisotopic (exact) mass is 396 g/mol. The smallest absolute Gasteiger partial charge is 0.261 e. The van der Waals surface area contributed by atoms with Crippen LogP contribution in [0, 0.1) is 13.8 Å². The molecule has 6 nitrogen and oxygen atoms in total. The fraction of sp³-hybridized carbons (Fsp3) is 0.0952. The molecule has 2 N–H and O–H groups in total. The molecular formula is C21H20N2O4S. The Morgan fingerprint density at radius 2 is 1.79 bits per heavy atom. The molecule has 0 saturated carbocycles. The number of aryl methyl sites for hydroxylation is 2. The van der Waals surface area contributed by atoms with Crippen molar-refractivity contribution in [1.29, 1.82) is 0 Å². The zero-order chi connectivity index (χ0) is 20.1. The summed E-state index contributed by atoms with van der Waals surface area (Å²) in [5, 5.41) is 2.67. The number of carbonyl (C=O) groups excluding carboxylic acids is 1. The molecule has 1 amide bonds. The lowest BCUT2D eigenvalue weighted by Crippen LogP contribution is -2.14. The van der Waals surface area contributed by atoms with Crippen molar-refractivity contribution in [1.82, 2.24) is 0 Å². The van der Waals surface area contributed by atoms with Crippen molar-refractivity contribution in [2.75, 3.05) is 10.0 Å². The molecule has 7 heteroatoms. The van der Waals surface area contributed by atoms with Gasteiger partial charge >= 0.3 is 0 Å². The highest BCUT2D eigenvalue weighted by atomic mass is 32.2. The third kappa shape index (κ3) is 4.89. The van der Waals surface area contributed by atoms with Gasteiger partial charge in [0.1, 0.15) is 5.76 Å². The molecule has 2 aromatic carbocycles. The van der Waals surface area contributed by atoms with E-state index in [1.54, 1.807) is 24.3 Å². The van der Waals surface area contributed by atoms with Gasteiger partial charge in [-0.25, -0.2) is 8.42 Å². The van der Waals surface area contributed by atoms with Crippen molar-refractivity contribution in [3.63, 3.8) is 0 Å². The summed E-state index contributed by atoms with van der Waals surface area (Å²) in [6.45, 7) is 3.79. The fourth-order valence-electron chi connectivity index (χ4n) is 2.58. The Morgan fingerprint density at radius 3 is 2.43 bits per heavy atom. The second-order valence-electron chi connectivity index (χ2n) is 6.29. The molecule has 3 rings (SSSR count). The summed E-state index contributed by atoms with van der Waals surface area (Å²) in [6, 6.07) is 14.9. The number of nitrogens with one attached hydrogen (secondary N) is 2. The van der Waals surface area contributed by atoms with E-state index in [1.165, 1.54) is 36.6 Å². The first kappa shape index (κ1) is 19.4. The second-order valence-corrected chi connectivity index (χ2v) is 7.97. The number of hydrogen-bond donors (Lipinski definition) is 2. The number of benzene rings is 2. The Hall–Kier alpha value is -3.32. The molecule has 0 fully saturated rings. The normalized spacial score (nSPS) is 11.5. The van der Waals surface area contributed by atoms with Crippen molar-refractivity contribution < 1.29 is 17.6 Å². The lowest BCUT2D eigenvalue weighted by Gasteiger charge is -2.11. The van der Waals surface area contributed by atoms with E-state index < -0.39 is 10.0 Å². The molecule has 0 aliphatic carbocycles. The first-order valence-corrected chi connectivity index (χ1v) is 10.0. The molecule has 1 aromatic heterocycles. The number of hydrogen-bond acceptors (Lipinski definition) is 4. The van der Waals surface area contributed by atoms with Gasteiger partial charge in [0.25, 0.3) is 10.0 Å². The van der Waals surface area contributed by atoms with Gasteiger partial charge in [-0.2, -0.15) is 0 Å². The van der Waals surface area contributed by atoms with Crippen molar-refractivity contribution in [3.8, 4) is 0 Å². The zero-order valence-corrected chi connectivity index (χ0v) is 16.3. The number of sulfonamides is 1. The molecule has 0 saturated heterocycles. The van der Waals surface area contributed by atoms with Crippen LogP contribution in [0.3, 0.4) is 0 Å². The molecule has 0 radical (unpaired) electrons. The minimum atomic E-state index is -3.72. The number of rotatable bonds is 6. The third-order valence-electron chi connectivity index (χ3n) is 4.00. The van der Waals surface area contributed by atoms with Crippen molar-refractivity contribution in [3.05, 3.63) is 83.8 Å². The van der Waals surface area contributed by atoms with Crippen LogP contribution in [0.2, 0.25) is 0 Å². The largest absolute Gasteiger partial charge is 0.465 e. The van der Waals surface area contributed by atoms with Crippen molar-refractivity contribution in [2.24, 2.45) is 0 Å². The van der Waals surface area contributed by atoms with Gasteiger partial charge in [-0.3, -0.25) is 9.52 Å². The molecule has 28 heavy (non-hydrogen) atoms. The summed E-state index contributed by atoms with van der Waals surface area (Å²) < 4.78 is 32.9. The molecule has 0 atom stereocenters. The first-order valence-electron chi connectivity index (χ1n) is 8.56. The van der Waals surface area contributed by atoms with Gasteiger partial charge in [-0.1, -0.05) is 17.7 Å². The summed E-state index contributed by atoms with van der Waals surface area (Å²) in [7, 11) is -3.72. The second kappa shape index (κ2) is 8.14. The standard InChI is InChI=1S/C21H20N2O4S/c1-15-5-11-20(16(2)14-15)23-28(25,26)19-9-6-17(7-10-19)22-21(24)12-8-18-4-3-13-27-18/h3-14,23H,1-2H3,(H,22,24)/b12-8+. The van der Waals surface area contributed by atoms with Crippen molar-refractivity contribution in [2.45, 2.75) is 18.7 Å². The molecule has 3 aromatic rings. The Labute approximate surface area is 163 Å². The topological polar surface area (TPSA) is 88.4 Å². The highest BCUT2D eigenvalue weighted by Gasteiger charge is 2.15. The Kier molecular flexibility index (Phi) is 5.65. The fourth-order valence-corrected chi connectivity index (χ4v) is 3.71. The maximum absolute atomic E-state index is 12.6. The van der Waals surface area contributed by atoms with E-state index in [0.717, 1.165) is 11.1 Å². The van der Waals surface area contributed by atoms with E-state index in [0.29, 0.717) is 17.1 Å². The van der Waals surface area contributed by atoms with E-state index in [9.17, 15) is 13.2 Å². The maximum Gasteiger partial charge on any atom is 0.261 e. The predicted molar refractivity (Wildman–Crippen MR) is 110 cm³/mol. The number of amides is 1. The highest BCUT2D eigenvalue weighted by molar-refractivity contribution is 7.92. The summed E-state index contributed by atoms with van der Waals surface area (Å²) in [4.78, 5) is 12.0. The van der Waals surface area contributed by atoms with Crippen LogP contribution >= 0.6 is 0 Å². The number of anilines is 2. The first-order chi connectivity index (χ1) is 13.3. The predicted octanol–water partition coefficient (Wildman–Crippen LogP) is 4.35. The van der Waals surface area contributed by atoms with E-state index in [1.807, 2.05) is 26.0 Å². The van der Waals surface area contributed by atoms with Gasteiger partial charge in [0.05, 0.1) is 16.8 Å². The summed E-state index contributed by atoms with van der Waals surface area (Å²) >= 11 is 0. The van der Waals surface area contributed by atoms with E-state index in [-0.39, 0.29) is 10.8 Å². The van der Waals surface area contributed by atoms with E-state index in [2.05, 4.69) is 10.0 Å². The zero-order valence-electron chi connectivity index (χ0n) is 15.5. The lowest BCUT2D eigenvalue weighted by atomic mass is 10.1. The van der Waals surface area contributed by atoms with Gasteiger partial charge in [0.2, 0.25) is 5.91 Å². The average Bonchev–Trinajstić information content (AvgIpc) is 3.16. The lowest BCUT2D eigenvalue weighted by molar-refractivity contribution is -0.111. The van der Waals surface area contributed by atoms with Crippen LogP contribution in [-0.2, 0) is 14.8 Å². The third-order valence-corrected chi connectivity index (χ3v) is 5.38. The van der Waals surface area contributed by atoms with Crippen LogP contribution in [0.15, 0.2) is 76.2 Å². The van der Waals surface area contributed by atoms with Gasteiger partial charge in [-0.05, 0) is 68.0 Å². The molecular weight excluding hydrogens is 376 g/mol. The van der Waals surface area contributed by atoms with Crippen LogP contribution in [0.5, 0.6) is 0 Å². The van der Waals surface area contributed by atoms with Crippen LogP contribution in [0.25, 0.3) is 6.08 Å². The molecule has 0 aliphatic heterocycles. The van der Waals surface area contributed by atoms with Crippen LogP contribution in [0.1, 0.15) is 16.9 Å². The summed E-state index contributed by atoms with van der Waals surface area (Å²) in [5.41, 5.74) is 2.92. The SMILES string of the molecule is Cc1ccc(NS(=O)(=O)c2ccc(NC(=O)/C=C/c3ccco3)cc2)c(C)c1. The van der Waals surface area contributed by atoms with Gasteiger partial charge < -0.3 is 9.73 Å². The summed E-state index contributed by atoms with van der Waals surface area (Å²) in [5.74, 6) is 0.217. The molecule has 144 valence electrons. The Bertz CT molecular complexity index is 1100. The Morgan fingerprint density at radius 1 is 1.04 bits per heavy atom. The maximum atomic E-state index is 12.6. The van der Waals surface area contributed by atoms with Crippen LogP contribution in [0.4, 0.5) is 11.4 Å². The van der Waals surface area contributed by atoms with E-state index >= 15 is 0 Å². The molecule has 0 aliphatic rings. The number of furan rings is 1. The quantitative estimate of drug-likeness (QED) is 0.606. The van der Waals surface area contributed by atoms with Crippen molar-refractivity contribution >= 4 is 33.4 Å². The Balaban J connectivity index is 1.68. The van der Waals surface area contributed by atoms with Gasteiger partial charge in [0.15, 0.2) is 0 Å². The van der Waals surface area contributed by atoms with Crippen LogP contribution in [-0.4, -0.2) is 14.3 Å². The van der Waals surface area contributed by atoms with Crippen LogP contribution < -0.4 is 10.0 Å². The molecule has 1 heterocycles. The minimum absolute atomic E-state index is 0.108. The highest BCUT2D eigenvalue weighted by Crippen LogP contribution is 2.21.